The van der Waals surface area contributed by atoms with Crippen LogP contribution in [0.25, 0.3) is 10.2 Å². The van der Waals surface area contributed by atoms with Gasteiger partial charge in [0.25, 0.3) is 0 Å². The normalized spacial score (nSPS) is 22.4. The standard InChI is InChI=1S/C15H22N4OS/c1-4-10-8-11-12(17-14(16-3)18-13(11)21-10)19-15(2)6-5-7-20-9-15/h8H,4-7,9H2,1-3H3,(H2,16,17,18,19). The third kappa shape index (κ3) is 2.96. The van der Waals surface area contributed by atoms with Gasteiger partial charge < -0.3 is 15.4 Å². The number of anilines is 2. The number of hydrogen-bond donors (Lipinski definition) is 2. The average molecular weight is 306 g/mol. The molecule has 1 aliphatic rings. The van der Waals surface area contributed by atoms with Gasteiger partial charge in [0.15, 0.2) is 0 Å². The van der Waals surface area contributed by atoms with E-state index >= 15 is 0 Å². The summed E-state index contributed by atoms with van der Waals surface area (Å²) in [6.45, 7) is 5.95. The van der Waals surface area contributed by atoms with Crippen molar-refractivity contribution in [1.82, 2.24) is 9.97 Å². The Morgan fingerprint density at radius 2 is 2.29 bits per heavy atom. The summed E-state index contributed by atoms with van der Waals surface area (Å²) in [6.07, 6.45) is 3.20. The number of aryl methyl sites for hydroxylation is 1. The maximum atomic E-state index is 5.63. The molecule has 0 amide bonds. The van der Waals surface area contributed by atoms with Crippen LogP contribution in [0.2, 0.25) is 0 Å². The molecule has 1 fully saturated rings. The zero-order chi connectivity index (χ0) is 14.9. The molecule has 0 aromatic carbocycles. The summed E-state index contributed by atoms with van der Waals surface area (Å²) in [5.41, 5.74) is -0.0567. The number of aromatic nitrogens is 2. The summed E-state index contributed by atoms with van der Waals surface area (Å²) in [6, 6.07) is 2.20. The van der Waals surface area contributed by atoms with Crippen LogP contribution in [0.15, 0.2) is 6.07 Å². The molecule has 1 aliphatic heterocycles. The van der Waals surface area contributed by atoms with Crippen LogP contribution in [-0.2, 0) is 11.2 Å². The maximum Gasteiger partial charge on any atom is 0.225 e. The Balaban J connectivity index is 2.00. The molecule has 114 valence electrons. The number of hydrogen-bond acceptors (Lipinski definition) is 6. The lowest BCUT2D eigenvalue weighted by molar-refractivity contribution is 0.0539. The van der Waals surface area contributed by atoms with Gasteiger partial charge >= 0.3 is 0 Å². The van der Waals surface area contributed by atoms with Gasteiger partial charge in [0.2, 0.25) is 5.95 Å². The lowest BCUT2D eigenvalue weighted by atomic mass is 9.95. The van der Waals surface area contributed by atoms with Crippen molar-refractivity contribution >= 4 is 33.3 Å². The number of nitrogens with zero attached hydrogens (tertiary/aromatic N) is 2. The lowest BCUT2D eigenvalue weighted by Crippen LogP contribution is -2.43. The molecule has 0 radical (unpaired) electrons. The van der Waals surface area contributed by atoms with Crippen molar-refractivity contribution in [3.05, 3.63) is 10.9 Å². The molecule has 6 heteroatoms. The fourth-order valence-corrected chi connectivity index (χ4v) is 3.64. The van der Waals surface area contributed by atoms with Gasteiger partial charge in [0.1, 0.15) is 10.6 Å². The lowest BCUT2D eigenvalue weighted by Gasteiger charge is -2.35. The molecule has 3 heterocycles. The van der Waals surface area contributed by atoms with Gasteiger partial charge in [0.05, 0.1) is 17.5 Å². The molecule has 0 spiro atoms. The van der Waals surface area contributed by atoms with Crippen molar-refractivity contribution in [1.29, 1.82) is 0 Å². The van der Waals surface area contributed by atoms with Crippen LogP contribution in [0.5, 0.6) is 0 Å². The van der Waals surface area contributed by atoms with Gasteiger partial charge in [-0.1, -0.05) is 6.92 Å². The van der Waals surface area contributed by atoms with Crippen LogP contribution >= 0.6 is 11.3 Å². The summed E-state index contributed by atoms with van der Waals surface area (Å²) < 4.78 is 5.63. The van der Waals surface area contributed by atoms with Gasteiger partial charge in [-0.05, 0) is 32.3 Å². The second-order valence-corrected chi connectivity index (χ2v) is 6.89. The van der Waals surface area contributed by atoms with Crippen molar-refractivity contribution in [2.75, 3.05) is 30.9 Å². The van der Waals surface area contributed by atoms with E-state index in [-0.39, 0.29) is 5.54 Å². The van der Waals surface area contributed by atoms with Gasteiger partial charge in [0, 0.05) is 18.5 Å². The van der Waals surface area contributed by atoms with E-state index in [0.717, 1.165) is 48.5 Å². The van der Waals surface area contributed by atoms with Gasteiger partial charge in [-0.15, -0.1) is 11.3 Å². The van der Waals surface area contributed by atoms with Crippen molar-refractivity contribution in [2.45, 2.75) is 38.6 Å². The molecule has 2 aromatic rings. The van der Waals surface area contributed by atoms with Gasteiger partial charge in [-0.25, -0.2) is 4.98 Å². The summed E-state index contributed by atoms with van der Waals surface area (Å²) in [7, 11) is 1.85. The number of ether oxygens (including phenoxy) is 1. The van der Waals surface area contributed by atoms with Crippen LogP contribution in [0.3, 0.4) is 0 Å². The Kier molecular flexibility index (Phi) is 3.99. The highest BCUT2D eigenvalue weighted by Gasteiger charge is 2.29. The van der Waals surface area contributed by atoms with E-state index in [0.29, 0.717) is 5.95 Å². The first-order chi connectivity index (χ1) is 10.1. The topological polar surface area (TPSA) is 59.1 Å². The number of fused-ring (bicyclic) bond motifs is 1. The molecule has 0 saturated carbocycles. The third-order valence-corrected chi connectivity index (χ3v) is 5.05. The first kappa shape index (κ1) is 14.5. The molecule has 21 heavy (non-hydrogen) atoms. The van der Waals surface area contributed by atoms with E-state index in [4.69, 9.17) is 4.74 Å². The molecule has 1 unspecified atom stereocenters. The van der Waals surface area contributed by atoms with Gasteiger partial charge in [-0.2, -0.15) is 4.98 Å². The van der Waals surface area contributed by atoms with Gasteiger partial charge in [-0.3, -0.25) is 0 Å². The highest BCUT2D eigenvalue weighted by Crippen LogP contribution is 2.33. The minimum absolute atomic E-state index is 0.0567. The van der Waals surface area contributed by atoms with E-state index in [9.17, 15) is 0 Å². The third-order valence-electron chi connectivity index (χ3n) is 3.87. The Hall–Kier alpha value is -1.40. The molecule has 0 aliphatic carbocycles. The molecule has 2 N–H and O–H groups in total. The fourth-order valence-electron chi connectivity index (χ4n) is 2.67. The smallest absolute Gasteiger partial charge is 0.225 e. The van der Waals surface area contributed by atoms with Crippen molar-refractivity contribution < 1.29 is 4.74 Å². The van der Waals surface area contributed by atoms with E-state index < -0.39 is 0 Å². The Bertz CT molecular complexity index is 634. The Labute approximate surface area is 129 Å². The quantitative estimate of drug-likeness (QED) is 0.908. The highest BCUT2D eigenvalue weighted by atomic mass is 32.1. The second kappa shape index (κ2) is 5.77. The van der Waals surface area contributed by atoms with Crippen LogP contribution in [0.1, 0.15) is 31.6 Å². The zero-order valence-corrected chi connectivity index (χ0v) is 13.6. The SMILES string of the molecule is CCc1cc2c(NC3(C)CCCOC3)nc(NC)nc2s1. The van der Waals surface area contributed by atoms with Crippen molar-refractivity contribution in [3.8, 4) is 0 Å². The first-order valence-corrected chi connectivity index (χ1v) is 8.29. The van der Waals surface area contributed by atoms with Crippen molar-refractivity contribution in [3.63, 3.8) is 0 Å². The van der Waals surface area contributed by atoms with Crippen LogP contribution < -0.4 is 10.6 Å². The molecule has 3 rings (SSSR count). The largest absolute Gasteiger partial charge is 0.379 e. The first-order valence-electron chi connectivity index (χ1n) is 7.48. The number of nitrogens with one attached hydrogen (secondary N) is 2. The number of rotatable bonds is 4. The van der Waals surface area contributed by atoms with Crippen LogP contribution in [0, 0.1) is 0 Å². The second-order valence-electron chi connectivity index (χ2n) is 5.77. The molecule has 0 bridgehead atoms. The van der Waals surface area contributed by atoms with E-state index in [2.05, 4.69) is 40.5 Å². The summed E-state index contributed by atoms with van der Waals surface area (Å²) in [5.74, 6) is 1.57. The molecule has 1 atom stereocenters. The summed E-state index contributed by atoms with van der Waals surface area (Å²) in [5, 5.41) is 7.77. The minimum atomic E-state index is -0.0567. The monoisotopic (exact) mass is 306 g/mol. The summed E-state index contributed by atoms with van der Waals surface area (Å²) in [4.78, 5) is 11.6. The minimum Gasteiger partial charge on any atom is -0.379 e. The Morgan fingerprint density at radius 1 is 1.43 bits per heavy atom. The highest BCUT2D eigenvalue weighted by molar-refractivity contribution is 7.18. The van der Waals surface area contributed by atoms with E-state index in [1.165, 1.54) is 4.88 Å². The number of thiophene rings is 1. The predicted molar refractivity (Wildman–Crippen MR) is 88.4 cm³/mol. The summed E-state index contributed by atoms with van der Waals surface area (Å²) >= 11 is 1.74. The van der Waals surface area contributed by atoms with E-state index in [1.807, 2.05) is 7.05 Å². The maximum absolute atomic E-state index is 5.63. The fraction of sp³-hybridized carbons (Fsp3) is 0.600. The zero-order valence-electron chi connectivity index (χ0n) is 12.8. The Morgan fingerprint density at radius 3 is 2.95 bits per heavy atom. The molecular formula is C15H22N4OS. The van der Waals surface area contributed by atoms with Crippen LogP contribution in [0.4, 0.5) is 11.8 Å². The molecular weight excluding hydrogens is 284 g/mol. The molecule has 5 nitrogen and oxygen atoms in total. The van der Waals surface area contributed by atoms with E-state index in [1.54, 1.807) is 11.3 Å². The van der Waals surface area contributed by atoms with Crippen molar-refractivity contribution in [2.24, 2.45) is 0 Å². The predicted octanol–water partition coefficient (Wildman–Crippen LogP) is 3.28. The average Bonchev–Trinajstić information content (AvgIpc) is 2.91. The molecule has 1 saturated heterocycles. The molecule has 2 aromatic heterocycles. The van der Waals surface area contributed by atoms with Crippen LogP contribution in [-0.4, -0.2) is 35.8 Å².